The van der Waals surface area contributed by atoms with Gasteiger partial charge in [-0.3, -0.25) is 0 Å². The van der Waals surface area contributed by atoms with Crippen molar-refractivity contribution in [3.63, 3.8) is 0 Å². The third kappa shape index (κ3) is 0.254. The van der Waals surface area contributed by atoms with E-state index in [-0.39, 0.29) is 0 Å². The standard InChI is InChI=1S/C9H6/c1-2-6-8-4-5-9(6)7(8)3-1/h2-5H,1H2. The minimum Gasteiger partial charge on any atom is -0.0722 e. The predicted molar refractivity (Wildman–Crippen MR) is 36.9 cm³/mol. The molecule has 4 bridgehead atoms. The molecule has 4 rings (SSSR count). The van der Waals surface area contributed by atoms with Gasteiger partial charge < -0.3 is 0 Å². The normalized spacial score (nSPS) is 25.8. The van der Waals surface area contributed by atoms with Crippen LogP contribution in [-0.2, 0) is 0 Å². The van der Waals surface area contributed by atoms with Crippen LogP contribution >= 0.6 is 0 Å². The minimum absolute atomic E-state index is 1.15. The fraction of sp³-hybridized carbons (Fsp3) is 0.111. The van der Waals surface area contributed by atoms with Crippen molar-refractivity contribution in [3.05, 3.63) is 46.6 Å². The summed E-state index contributed by atoms with van der Waals surface area (Å²) < 4.78 is 0. The van der Waals surface area contributed by atoms with E-state index < -0.39 is 0 Å². The third-order valence-electron chi connectivity index (χ3n) is 2.22. The zero-order valence-corrected chi connectivity index (χ0v) is 5.02. The average molecular weight is 114 g/mol. The zero-order valence-electron chi connectivity index (χ0n) is 5.02. The van der Waals surface area contributed by atoms with Gasteiger partial charge in [-0.15, -0.1) is 0 Å². The van der Waals surface area contributed by atoms with Crippen LogP contribution in [0.3, 0.4) is 0 Å². The van der Waals surface area contributed by atoms with Crippen LogP contribution in [0.25, 0.3) is 0 Å². The van der Waals surface area contributed by atoms with Crippen molar-refractivity contribution in [1.82, 2.24) is 0 Å². The van der Waals surface area contributed by atoms with Crippen molar-refractivity contribution < 1.29 is 0 Å². The second-order valence-electron chi connectivity index (χ2n) is 2.63. The van der Waals surface area contributed by atoms with Gasteiger partial charge in [0.15, 0.2) is 0 Å². The Morgan fingerprint density at radius 3 is 1.78 bits per heavy atom. The van der Waals surface area contributed by atoms with Crippen LogP contribution in [0.15, 0.2) is 46.6 Å². The second-order valence-corrected chi connectivity index (χ2v) is 2.63. The number of rotatable bonds is 0. The molecule has 9 heavy (non-hydrogen) atoms. The van der Waals surface area contributed by atoms with Gasteiger partial charge in [0.1, 0.15) is 0 Å². The molecule has 0 aromatic carbocycles. The Morgan fingerprint density at radius 1 is 0.778 bits per heavy atom. The smallest absolute Gasteiger partial charge is 0.0105 e. The van der Waals surface area contributed by atoms with Gasteiger partial charge >= 0.3 is 0 Å². The van der Waals surface area contributed by atoms with Crippen LogP contribution in [0.4, 0.5) is 0 Å². The van der Waals surface area contributed by atoms with Crippen molar-refractivity contribution >= 4 is 0 Å². The maximum absolute atomic E-state index is 2.30. The summed E-state index contributed by atoms with van der Waals surface area (Å²) in [6.45, 7) is 0. The molecule has 0 aromatic rings. The lowest BCUT2D eigenvalue weighted by atomic mass is 9.75. The summed E-state index contributed by atoms with van der Waals surface area (Å²) in [6.07, 6.45) is 10.2. The van der Waals surface area contributed by atoms with Gasteiger partial charge in [0.25, 0.3) is 0 Å². The highest BCUT2D eigenvalue weighted by atomic mass is 14.4. The van der Waals surface area contributed by atoms with Crippen molar-refractivity contribution in [2.24, 2.45) is 0 Å². The van der Waals surface area contributed by atoms with Gasteiger partial charge in [-0.25, -0.2) is 0 Å². The molecular formula is C9H6. The van der Waals surface area contributed by atoms with Crippen LogP contribution in [-0.4, -0.2) is 0 Å². The van der Waals surface area contributed by atoms with Crippen molar-refractivity contribution in [1.29, 1.82) is 0 Å². The summed E-state index contributed by atoms with van der Waals surface area (Å²) in [6, 6.07) is 0. The van der Waals surface area contributed by atoms with Gasteiger partial charge in [0.05, 0.1) is 0 Å². The predicted octanol–water partition coefficient (Wildman–Crippen LogP) is 2.12. The van der Waals surface area contributed by atoms with Crippen LogP contribution in [0.1, 0.15) is 6.42 Å². The quantitative estimate of drug-likeness (QED) is 0.452. The Kier molecular flexibility index (Phi) is 0.419. The highest BCUT2D eigenvalue weighted by molar-refractivity contribution is 5.85. The Bertz CT molecular complexity index is 257. The van der Waals surface area contributed by atoms with Crippen LogP contribution in [0.5, 0.6) is 0 Å². The first-order valence-corrected chi connectivity index (χ1v) is 3.30. The number of allylic oxidation sites excluding steroid dienone is 8. The van der Waals surface area contributed by atoms with E-state index >= 15 is 0 Å². The molecule has 0 nitrogen and oxygen atoms in total. The fourth-order valence-electron chi connectivity index (χ4n) is 1.78. The van der Waals surface area contributed by atoms with Crippen LogP contribution in [0, 0.1) is 0 Å². The van der Waals surface area contributed by atoms with Gasteiger partial charge in [-0.2, -0.15) is 0 Å². The molecule has 0 aromatic heterocycles. The Morgan fingerprint density at radius 2 is 1.33 bits per heavy atom. The van der Waals surface area contributed by atoms with Crippen molar-refractivity contribution in [2.45, 2.75) is 6.42 Å². The lowest BCUT2D eigenvalue weighted by molar-refractivity contribution is 1.15. The molecule has 0 saturated heterocycles. The van der Waals surface area contributed by atoms with E-state index in [1.807, 2.05) is 0 Å². The first-order chi connectivity index (χ1) is 4.47. The molecule has 0 amide bonds. The largest absolute Gasteiger partial charge is 0.0722 e. The molecule has 0 spiro atoms. The summed E-state index contributed by atoms with van der Waals surface area (Å²) in [5.74, 6) is 0. The van der Waals surface area contributed by atoms with Crippen molar-refractivity contribution in [3.8, 4) is 0 Å². The molecule has 0 heteroatoms. The van der Waals surface area contributed by atoms with E-state index in [1.54, 1.807) is 0 Å². The summed E-state index contributed by atoms with van der Waals surface area (Å²) in [4.78, 5) is 0. The maximum Gasteiger partial charge on any atom is -0.0105 e. The van der Waals surface area contributed by atoms with E-state index in [0.29, 0.717) is 0 Å². The van der Waals surface area contributed by atoms with Gasteiger partial charge in [0.2, 0.25) is 0 Å². The second kappa shape index (κ2) is 0.971. The highest BCUT2D eigenvalue weighted by Crippen LogP contribution is 2.51. The third-order valence-corrected chi connectivity index (χ3v) is 2.22. The Labute approximate surface area is 53.9 Å². The molecule has 42 valence electrons. The topological polar surface area (TPSA) is 0 Å². The van der Waals surface area contributed by atoms with E-state index in [4.69, 9.17) is 0 Å². The van der Waals surface area contributed by atoms with Gasteiger partial charge in [-0.1, -0.05) is 24.3 Å². The molecule has 4 aliphatic rings. The van der Waals surface area contributed by atoms with Gasteiger partial charge in [-0.05, 0) is 28.7 Å². The van der Waals surface area contributed by atoms with Crippen LogP contribution < -0.4 is 0 Å². The van der Waals surface area contributed by atoms with Crippen molar-refractivity contribution in [2.75, 3.05) is 0 Å². The number of hydrogen-bond acceptors (Lipinski definition) is 0. The fourth-order valence-corrected chi connectivity index (χ4v) is 1.78. The monoisotopic (exact) mass is 114 g/mol. The minimum atomic E-state index is 1.15. The molecule has 0 atom stereocenters. The summed E-state index contributed by atoms with van der Waals surface area (Å²) >= 11 is 0. The number of fused-ring (bicyclic) bond motifs is 1. The number of hydrogen-bond donors (Lipinski definition) is 0. The Balaban J connectivity index is 2.45. The molecular weight excluding hydrogens is 108 g/mol. The summed E-state index contributed by atoms with van der Waals surface area (Å²) in [5.41, 5.74) is 5.98. The zero-order chi connectivity index (χ0) is 5.84. The lowest BCUT2D eigenvalue weighted by Gasteiger charge is -2.28. The molecule has 1 fully saturated rings. The van der Waals surface area contributed by atoms with E-state index in [1.165, 1.54) is 22.3 Å². The van der Waals surface area contributed by atoms with Gasteiger partial charge in [0, 0.05) is 0 Å². The average Bonchev–Trinajstić information content (AvgIpc) is 2.48. The van der Waals surface area contributed by atoms with E-state index in [9.17, 15) is 0 Å². The molecule has 0 radical (unpaired) electrons. The molecule has 1 saturated carbocycles. The van der Waals surface area contributed by atoms with Crippen LogP contribution in [0.2, 0.25) is 0 Å². The lowest BCUT2D eigenvalue weighted by Crippen LogP contribution is -2.10. The first kappa shape index (κ1) is 3.89. The first-order valence-electron chi connectivity index (χ1n) is 3.30. The molecule has 0 aliphatic heterocycles. The Hall–Kier alpha value is -1.04. The highest BCUT2D eigenvalue weighted by Gasteiger charge is 2.33. The summed E-state index contributed by atoms with van der Waals surface area (Å²) in [5, 5.41) is 0. The summed E-state index contributed by atoms with van der Waals surface area (Å²) in [7, 11) is 0. The molecule has 0 unspecified atom stereocenters. The van der Waals surface area contributed by atoms with E-state index in [0.717, 1.165) is 6.42 Å². The molecule has 0 N–H and O–H groups in total. The molecule has 0 heterocycles. The van der Waals surface area contributed by atoms with E-state index in [2.05, 4.69) is 24.3 Å². The SMILES string of the molecule is C1=C2C3=CCC=C2C3=C1. The molecule has 4 aliphatic carbocycles. The maximum atomic E-state index is 2.30.